The van der Waals surface area contributed by atoms with Gasteiger partial charge in [0.05, 0.1) is 12.2 Å². The van der Waals surface area contributed by atoms with Crippen molar-refractivity contribution in [2.45, 2.75) is 89.1 Å². The van der Waals surface area contributed by atoms with Crippen LogP contribution in [0, 0.1) is 0 Å². The van der Waals surface area contributed by atoms with Gasteiger partial charge in [-0.15, -0.1) is 0 Å². The highest BCUT2D eigenvalue weighted by atomic mass is 28.4. The van der Waals surface area contributed by atoms with E-state index in [1.165, 1.54) is 6.92 Å². The van der Waals surface area contributed by atoms with Gasteiger partial charge in [0.15, 0.2) is 8.32 Å². The summed E-state index contributed by atoms with van der Waals surface area (Å²) in [6.45, 7) is 12.2. The van der Waals surface area contributed by atoms with Crippen molar-refractivity contribution >= 4 is 14.3 Å². The van der Waals surface area contributed by atoms with Gasteiger partial charge in [-0.2, -0.15) is 0 Å². The second-order valence-electron chi connectivity index (χ2n) is 7.90. The summed E-state index contributed by atoms with van der Waals surface area (Å²) < 4.78 is 18.0. The molecule has 2 rings (SSSR count). The largest absolute Gasteiger partial charge is 0.459 e. The van der Waals surface area contributed by atoms with E-state index in [9.17, 15) is 4.79 Å². The van der Waals surface area contributed by atoms with Crippen molar-refractivity contribution in [2.24, 2.45) is 5.11 Å². The Morgan fingerprint density at radius 3 is 2.39 bits per heavy atom. The number of rotatable bonds is 4. The first-order valence-corrected chi connectivity index (χ1v) is 11.0. The molecule has 0 N–H and O–H groups in total. The van der Waals surface area contributed by atoms with Crippen molar-refractivity contribution in [1.29, 1.82) is 0 Å². The first-order valence-electron chi connectivity index (χ1n) is 8.11. The van der Waals surface area contributed by atoms with Crippen molar-refractivity contribution in [2.75, 3.05) is 0 Å². The molecular weight excluding hydrogens is 314 g/mol. The molecule has 2 bridgehead atoms. The van der Waals surface area contributed by atoms with Crippen molar-refractivity contribution in [3.63, 3.8) is 0 Å². The molecule has 2 aliphatic rings. The van der Waals surface area contributed by atoms with Crippen LogP contribution in [0.3, 0.4) is 0 Å². The van der Waals surface area contributed by atoms with E-state index < -0.39 is 26.4 Å². The maximum absolute atomic E-state index is 11.6. The predicted octanol–water partition coefficient (Wildman–Crippen LogP) is 3.55. The Kier molecular flexibility index (Phi) is 5.11. The van der Waals surface area contributed by atoms with Crippen LogP contribution in [-0.4, -0.2) is 44.7 Å². The summed E-state index contributed by atoms with van der Waals surface area (Å²) in [6.07, 6.45) is 0.365. The molecule has 130 valence electrons. The van der Waals surface area contributed by atoms with Crippen molar-refractivity contribution in [1.82, 2.24) is 0 Å². The van der Waals surface area contributed by atoms with Gasteiger partial charge in [0.25, 0.3) is 0 Å². The van der Waals surface area contributed by atoms with E-state index in [0.29, 0.717) is 0 Å². The lowest BCUT2D eigenvalue weighted by Crippen LogP contribution is -2.59. The van der Waals surface area contributed by atoms with E-state index >= 15 is 0 Å². The van der Waals surface area contributed by atoms with Gasteiger partial charge in [-0.1, -0.05) is 25.9 Å². The molecule has 0 saturated carbocycles. The lowest BCUT2D eigenvalue weighted by Gasteiger charge is -2.46. The predicted molar refractivity (Wildman–Crippen MR) is 88.5 cm³/mol. The smallest absolute Gasteiger partial charge is 0.303 e. The maximum Gasteiger partial charge on any atom is 0.303 e. The molecule has 2 heterocycles. The third-order valence-corrected chi connectivity index (χ3v) is 9.69. The summed E-state index contributed by atoms with van der Waals surface area (Å²) in [5.74, 6) is -0.390. The molecule has 2 saturated heterocycles. The summed E-state index contributed by atoms with van der Waals surface area (Å²) >= 11 is 0. The standard InChI is InChI=1S/C15H27N3O4Si/c1-9(19)20-14-12(17-18-16)10-7-8-11(21-10)13(14)22-23(5,6)15(2,3)4/h10-14H,7-8H2,1-6H3/t10?,11-,12+,13-,14?/m1/s1. The highest BCUT2D eigenvalue weighted by Gasteiger charge is 2.54. The van der Waals surface area contributed by atoms with E-state index in [0.717, 1.165) is 12.8 Å². The minimum absolute atomic E-state index is 0.0250. The van der Waals surface area contributed by atoms with Crippen LogP contribution >= 0.6 is 0 Å². The van der Waals surface area contributed by atoms with Crippen LogP contribution in [0.2, 0.25) is 18.1 Å². The normalized spacial score (nSPS) is 33.9. The first-order chi connectivity index (χ1) is 10.6. The second kappa shape index (κ2) is 6.43. The zero-order chi connectivity index (χ0) is 17.4. The SMILES string of the molecule is CC(=O)OC1[C@@H](N=[N+]=[N-])C2CC[C@@H](O2)[C@H]1O[Si](C)(C)C(C)(C)C. The minimum Gasteiger partial charge on any atom is -0.459 e. The molecule has 2 unspecified atom stereocenters. The average Bonchev–Trinajstić information content (AvgIpc) is 2.83. The van der Waals surface area contributed by atoms with E-state index in [2.05, 4.69) is 43.9 Å². The van der Waals surface area contributed by atoms with Crippen LogP contribution in [0.1, 0.15) is 40.5 Å². The Balaban J connectivity index is 2.32. The van der Waals surface area contributed by atoms with E-state index in [1.807, 2.05) is 0 Å². The number of carbonyl (C=O) groups is 1. The fourth-order valence-electron chi connectivity index (χ4n) is 2.99. The topological polar surface area (TPSA) is 93.5 Å². The molecule has 0 amide bonds. The molecule has 7 nitrogen and oxygen atoms in total. The Hall–Kier alpha value is -1.08. The molecule has 23 heavy (non-hydrogen) atoms. The highest BCUT2D eigenvalue weighted by molar-refractivity contribution is 6.74. The first kappa shape index (κ1) is 18.3. The molecule has 0 aliphatic carbocycles. The van der Waals surface area contributed by atoms with Gasteiger partial charge in [-0.3, -0.25) is 4.79 Å². The molecule has 2 fully saturated rings. The van der Waals surface area contributed by atoms with Gasteiger partial charge in [0.2, 0.25) is 0 Å². The van der Waals surface area contributed by atoms with Gasteiger partial charge in [-0.25, -0.2) is 0 Å². The number of ether oxygens (including phenoxy) is 2. The number of hydrogen-bond donors (Lipinski definition) is 0. The minimum atomic E-state index is -2.08. The Labute approximate surface area is 138 Å². The maximum atomic E-state index is 11.6. The summed E-state index contributed by atoms with van der Waals surface area (Å²) in [4.78, 5) is 14.5. The third-order valence-electron chi connectivity index (χ3n) is 5.22. The zero-order valence-electron chi connectivity index (χ0n) is 14.8. The van der Waals surface area contributed by atoms with E-state index in [1.54, 1.807) is 0 Å². The van der Waals surface area contributed by atoms with Gasteiger partial charge in [0, 0.05) is 11.8 Å². The van der Waals surface area contributed by atoms with Crippen LogP contribution in [0.5, 0.6) is 0 Å². The highest BCUT2D eigenvalue weighted by Crippen LogP contribution is 2.43. The number of esters is 1. The molecule has 0 aromatic rings. The fourth-order valence-corrected chi connectivity index (χ4v) is 4.31. The summed E-state index contributed by atoms with van der Waals surface area (Å²) in [7, 11) is -2.08. The fraction of sp³-hybridized carbons (Fsp3) is 0.933. The number of fused-ring (bicyclic) bond motifs is 2. The van der Waals surface area contributed by atoms with Gasteiger partial charge >= 0.3 is 5.97 Å². The summed E-state index contributed by atoms with van der Waals surface area (Å²) in [6, 6.07) is -0.530. The van der Waals surface area contributed by atoms with Gasteiger partial charge in [-0.05, 0) is 36.5 Å². The summed E-state index contributed by atoms with van der Waals surface area (Å²) in [5, 5.41) is 3.88. The molecule has 0 aromatic heterocycles. The third kappa shape index (κ3) is 3.71. The average molecular weight is 341 g/mol. The lowest BCUT2D eigenvalue weighted by molar-refractivity contribution is -0.178. The van der Waals surface area contributed by atoms with Crippen molar-refractivity contribution < 1.29 is 18.7 Å². The molecule has 0 spiro atoms. The van der Waals surface area contributed by atoms with Crippen LogP contribution in [0.4, 0.5) is 0 Å². The number of hydrogen-bond acceptors (Lipinski definition) is 5. The molecule has 0 aromatic carbocycles. The Morgan fingerprint density at radius 2 is 1.87 bits per heavy atom. The van der Waals surface area contributed by atoms with Gasteiger partial charge < -0.3 is 13.9 Å². The monoisotopic (exact) mass is 341 g/mol. The number of azide groups is 1. The zero-order valence-corrected chi connectivity index (χ0v) is 15.8. The van der Waals surface area contributed by atoms with E-state index in [-0.39, 0.29) is 23.4 Å². The molecule has 2 aliphatic heterocycles. The molecular formula is C15H27N3O4Si. The van der Waals surface area contributed by atoms with E-state index in [4.69, 9.17) is 19.4 Å². The van der Waals surface area contributed by atoms with Crippen molar-refractivity contribution in [3.05, 3.63) is 10.4 Å². The van der Waals surface area contributed by atoms with Crippen LogP contribution in [-0.2, 0) is 18.7 Å². The van der Waals surface area contributed by atoms with Gasteiger partial charge in [0.1, 0.15) is 18.2 Å². The summed E-state index contributed by atoms with van der Waals surface area (Å²) in [5.41, 5.74) is 8.88. The number of carbonyl (C=O) groups excluding carboxylic acids is 1. The molecule has 5 atom stereocenters. The lowest BCUT2D eigenvalue weighted by atomic mass is 9.98. The second-order valence-corrected chi connectivity index (χ2v) is 12.7. The van der Waals surface area contributed by atoms with Crippen molar-refractivity contribution in [3.8, 4) is 0 Å². The van der Waals surface area contributed by atoms with Crippen LogP contribution in [0.15, 0.2) is 5.11 Å². The molecule has 0 radical (unpaired) electrons. The Bertz CT molecular complexity index is 513. The molecule has 8 heteroatoms. The quantitative estimate of drug-likeness (QED) is 0.257. The van der Waals surface area contributed by atoms with Crippen LogP contribution < -0.4 is 0 Å². The number of nitrogens with zero attached hydrogens (tertiary/aromatic N) is 3. The Morgan fingerprint density at radius 1 is 1.26 bits per heavy atom. The van der Waals surface area contributed by atoms with Crippen LogP contribution in [0.25, 0.3) is 10.4 Å².